The molecule has 1 saturated heterocycles. The maximum absolute atomic E-state index is 11.0. The Morgan fingerprint density at radius 2 is 1.68 bits per heavy atom. The SMILES string of the molecule is C[C@@H]1O[C@H](O[C@@H](C=O)[C@@H](O)[C@@H](O)[C@H](O)CO)[C@H](O)[C@H](O)[C@H]1O. The highest BCUT2D eigenvalue weighted by Crippen LogP contribution is 2.23. The molecule has 0 radical (unpaired) electrons. The molecule has 0 aromatic carbocycles. The van der Waals surface area contributed by atoms with Crippen LogP contribution in [0.1, 0.15) is 6.92 Å². The monoisotopic (exact) mass is 326 g/mol. The summed E-state index contributed by atoms with van der Waals surface area (Å²) < 4.78 is 10.1. The Hall–Kier alpha value is -0.690. The lowest BCUT2D eigenvalue weighted by atomic mass is 9.99. The predicted octanol–water partition coefficient (Wildman–Crippen LogP) is -4.53. The zero-order valence-corrected chi connectivity index (χ0v) is 11.8. The summed E-state index contributed by atoms with van der Waals surface area (Å²) in [7, 11) is 0. The van der Waals surface area contributed by atoms with E-state index >= 15 is 0 Å². The molecule has 0 aromatic rings. The number of hydrogen-bond donors (Lipinski definition) is 7. The number of aldehydes is 1. The second-order valence-electron chi connectivity index (χ2n) is 5.15. The average molecular weight is 326 g/mol. The van der Waals surface area contributed by atoms with Crippen LogP contribution in [0.3, 0.4) is 0 Å². The Labute approximate surface area is 126 Å². The minimum Gasteiger partial charge on any atom is -0.394 e. The molecular weight excluding hydrogens is 304 g/mol. The van der Waals surface area contributed by atoms with Crippen LogP contribution in [0.15, 0.2) is 0 Å². The van der Waals surface area contributed by atoms with Crippen molar-refractivity contribution >= 4 is 6.29 Å². The van der Waals surface area contributed by atoms with Crippen LogP contribution in [0.25, 0.3) is 0 Å². The van der Waals surface area contributed by atoms with E-state index in [4.69, 9.17) is 14.6 Å². The molecule has 0 bridgehead atoms. The fraction of sp³-hybridized carbons (Fsp3) is 0.917. The first-order chi connectivity index (χ1) is 10.2. The second kappa shape index (κ2) is 8.24. The number of aliphatic hydroxyl groups excluding tert-OH is 7. The van der Waals surface area contributed by atoms with Crippen LogP contribution in [0.4, 0.5) is 0 Å². The predicted molar refractivity (Wildman–Crippen MR) is 68.4 cm³/mol. The van der Waals surface area contributed by atoms with Gasteiger partial charge in [0.15, 0.2) is 12.6 Å². The van der Waals surface area contributed by atoms with Gasteiger partial charge in [0, 0.05) is 0 Å². The molecule has 10 nitrogen and oxygen atoms in total. The quantitative estimate of drug-likeness (QED) is 0.225. The molecule has 0 amide bonds. The molecule has 130 valence electrons. The topological polar surface area (TPSA) is 177 Å². The van der Waals surface area contributed by atoms with E-state index in [1.807, 2.05) is 0 Å². The van der Waals surface area contributed by atoms with Crippen molar-refractivity contribution in [1.82, 2.24) is 0 Å². The minimum absolute atomic E-state index is 0.107. The molecular formula is C12H22O10. The van der Waals surface area contributed by atoms with Gasteiger partial charge < -0.3 is 50.0 Å². The molecule has 1 aliphatic heterocycles. The van der Waals surface area contributed by atoms with Crippen molar-refractivity contribution in [1.29, 1.82) is 0 Å². The molecule has 1 aliphatic rings. The molecule has 9 atom stereocenters. The van der Waals surface area contributed by atoms with Crippen molar-refractivity contribution in [2.24, 2.45) is 0 Å². The number of ether oxygens (including phenoxy) is 2. The molecule has 1 heterocycles. The lowest BCUT2D eigenvalue weighted by Gasteiger charge is -2.40. The zero-order valence-electron chi connectivity index (χ0n) is 11.8. The standard InChI is InChI=1S/C12H22O10/c1-4-7(16)10(19)11(20)12(21-4)22-6(3-14)9(18)8(17)5(15)2-13/h3-13,15-20H,2H2,1H3/t4-,5+,6-,7-,8-,9+,10+,11+,12+/m0/s1. The zero-order chi connectivity index (χ0) is 17.0. The molecule has 0 aromatic heterocycles. The molecule has 7 N–H and O–H groups in total. The van der Waals surface area contributed by atoms with Crippen LogP contribution in [0.5, 0.6) is 0 Å². The summed E-state index contributed by atoms with van der Waals surface area (Å²) in [5.74, 6) is 0. The van der Waals surface area contributed by atoms with Gasteiger partial charge in [0.05, 0.1) is 12.7 Å². The van der Waals surface area contributed by atoms with Gasteiger partial charge in [-0.2, -0.15) is 0 Å². The lowest BCUT2D eigenvalue weighted by Crippen LogP contribution is -2.59. The van der Waals surface area contributed by atoms with E-state index in [9.17, 15) is 35.4 Å². The maximum atomic E-state index is 11.0. The first-order valence-electron chi connectivity index (χ1n) is 6.70. The van der Waals surface area contributed by atoms with Gasteiger partial charge in [-0.05, 0) is 6.92 Å². The largest absolute Gasteiger partial charge is 0.394 e. The number of aliphatic hydroxyl groups is 7. The van der Waals surface area contributed by atoms with Gasteiger partial charge in [0.2, 0.25) is 0 Å². The van der Waals surface area contributed by atoms with E-state index in [0.29, 0.717) is 0 Å². The van der Waals surface area contributed by atoms with Gasteiger partial charge in [-0.1, -0.05) is 0 Å². The maximum Gasteiger partial charge on any atom is 0.187 e. The first kappa shape index (κ1) is 19.4. The van der Waals surface area contributed by atoms with Crippen molar-refractivity contribution in [2.75, 3.05) is 6.61 Å². The molecule has 10 heteroatoms. The summed E-state index contributed by atoms with van der Waals surface area (Å²) in [4.78, 5) is 11.0. The summed E-state index contributed by atoms with van der Waals surface area (Å²) in [5.41, 5.74) is 0. The van der Waals surface area contributed by atoms with Crippen LogP contribution in [-0.4, -0.2) is 104 Å². The van der Waals surface area contributed by atoms with Crippen molar-refractivity contribution in [3.8, 4) is 0 Å². The van der Waals surface area contributed by atoms with Gasteiger partial charge in [0.25, 0.3) is 0 Å². The van der Waals surface area contributed by atoms with Crippen LogP contribution >= 0.6 is 0 Å². The number of hydrogen-bond acceptors (Lipinski definition) is 10. The van der Waals surface area contributed by atoms with Crippen molar-refractivity contribution in [3.05, 3.63) is 0 Å². The third-order valence-electron chi connectivity index (χ3n) is 3.50. The number of carbonyl (C=O) groups is 1. The van der Waals surface area contributed by atoms with Crippen molar-refractivity contribution in [3.63, 3.8) is 0 Å². The van der Waals surface area contributed by atoms with Gasteiger partial charge in [0.1, 0.15) is 42.7 Å². The summed E-state index contributed by atoms with van der Waals surface area (Å²) in [6, 6.07) is 0. The molecule has 0 saturated carbocycles. The van der Waals surface area contributed by atoms with Crippen molar-refractivity contribution in [2.45, 2.75) is 62.0 Å². The van der Waals surface area contributed by atoms with Crippen molar-refractivity contribution < 1.29 is 50.0 Å². The third kappa shape index (κ3) is 4.19. The van der Waals surface area contributed by atoms with Gasteiger partial charge >= 0.3 is 0 Å². The summed E-state index contributed by atoms with van der Waals surface area (Å²) in [6.07, 6.45) is -14.2. The Bertz CT molecular complexity index is 353. The van der Waals surface area contributed by atoms with Gasteiger partial charge in [-0.3, -0.25) is 0 Å². The number of rotatable bonds is 7. The summed E-state index contributed by atoms with van der Waals surface area (Å²) >= 11 is 0. The highest BCUT2D eigenvalue weighted by atomic mass is 16.7. The Morgan fingerprint density at radius 1 is 1.09 bits per heavy atom. The van der Waals surface area contributed by atoms with E-state index in [-0.39, 0.29) is 6.29 Å². The molecule has 1 fully saturated rings. The molecule has 0 aliphatic carbocycles. The molecule has 22 heavy (non-hydrogen) atoms. The summed E-state index contributed by atoms with van der Waals surface area (Å²) in [6.45, 7) is 0.543. The highest BCUT2D eigenvalue weighted by molar-refractivity contribution is 5.57. The molecule has 1 rings (SSSR count). The summed E-state index contributed by atoms with van der Waals surface area (Å²) in [5, 5.41) is 66.1. The average Bonchev–Trinajstić information content (AvgIpc) is 2.52. The van der Waals surface area contributed by atoms with Gasteiger partial charge in [-0.15, -0.1) is 0 Å². The Morgan fingerprint density at radius 3 is 2.18 bits per heavy atom. The Kier molecular flexibility index (Phi) is 7.25. The van der Waals surface area contributed by atoms with E-state index in [1.165, 1.54) is 6.92 Å². The van der Waals surface area contributed by atoms with Crippen LogP contribution < -0.4 is 0 Å². The fourth-order valence-electron chi connectivity index (χ4n) is 2.00. The highest BCUT2D eigenvalue weighted by Gasteiger charge is 2.44. The second-order valence-corrected chi connectivity index (χ2v) is 5.15. The fourth-order valence-corrected chi connectivity index (χ4v) is 2.00. The smallest absolute Gasteiger partial charge is 0.187 e. The Balaban J connectivity index is 2.75. The minimum atomic E-state index is -1.91. The normalized spacial score (nSPS) is 38.1. The first-order valence-corrected chi connectivity index (χ1v) is 6.70. The van der Waals surface area contributed by atoms with E-state index in [2.05, 4.69) is 0 Å². The number of carbonyl (C=O) groups excluding carboxylic acids is 1. The van der Waals surface area contributed by atoms with E-state index in [0.717, 1.165) is 0 Å². The van der Waals surface area contributed by atoms with Crippen LogP contribution in [-0.2, 0) is 14.3 Å². The van der Waals surface area contributed by atoms with Gasteiger partial charge in [-0.25, -0.2) is 0 Å². The molecule has 0 unspecified atom stereocenters. The third-order valence-corrected chi connectivity index (χ3v) is 3.50. The lowest BCUT2D eigenvalue weighted by molar-refractivity contribution is -0.308. The van der Waals surface area contributed by atoms with Crippen LogP contribution in [0, 0.1) is 0 Å². The van der Waals surface area contributed by atoms with E-state index in [1.54, 1.807) is 0 Å². The van der Waals surface area contributed by atoms with Crippen LogP contribution in [0.2, 0.25) is 0 Å². The van der Waals surface area contributed by atoms with E-state index < -0.39 is 61.7 Å². The molecule has 0 spiro atoms.